The molecule has 8 nitrogen and oxygen atoms in total. The van der Waals surface area contributed by atoms with Crippen molar-refractivity contribution in [2.45, 2.75) is 24.8 Å². The van der Waals surface area contributed by atoms with Gasteiger partial charge in [0, 0.05) is 23.5 Å². The minimum Gasteiger partial charge on any atom is -0.466 e. The second-order valence-electron chi connectivity index (χ2n) is 8.38. The van der Waals surface area contributed by atoms with Gasteiger partial charge in [-0.05, 0) is 37.3 Å². The Morgan fingerprint density at radius 1 is 1.18 bits per heavy atom. The number of thiazole rings is 1. The summed E-state index contributed by atoms with van der Waals surface area (Å²) in [4.78, 5) is 42.9. The van der Waals surface area contributed by atoms with Crippen molar-refractivity contribution >= 4 is 74.3 Å². The molecule has 5 rings (SSSR count). The first kappa shape index (κ1) is 26.0. The average molecular weight is 567 g/mol. The van der Waals surface area contributed by atoms with Gasteiger partial charge in [0.25, 0.3) is 11.5 Å². The maximum absolute atomic E-state index is 13.8. The third-order valence-electron chi connectivity index (χ3n) is 5.93. The number of hydrogen-bond donors (Lipinski definition) is 0. The van der Waals surface area contributed by atoms with E-state index in [-0.39, 0.29) is 36.4 Å². The number of thioether (sulfide) groups is 1. The van der Waals surface area contributed by atoms with Gasteiger partial charge < -0.3 is 9.64 Å². The van der Waals surface area contributed by atoms with Gasteiger partial charge in [0.2, 0.25) is 0 Å². The first-order chi connectivity index (χ1) is 18.3. The third-order valence-corrected chi connectivity index (χ3v) is 8.72. The van der Waals surface area contributed by atoms with Crippen LogP contribution in [0.1, 0.15) is 13.3 Å². The van der Waals surface area contributed by atoms with Crippen molar-refractivity contribution in [2.24, 2.45) is 5.10 Å². The lowest BCUT2D eigenvalue weighted by Crippen LogP contribution is -2.35. The molecule has 2 aliphatic rings. The Balaban J connectivity index is 1.75. The first-order valence-corrected chi connectivity index (χ1v) is 13.8. The number of esters is 1. The number of amides is 1. The number of halogens is 1. The topological polar surface area (TPSA) is 84.2 Å². The molecule has 0 aliphatic carbocycles. The van der Waals surface area contributed by atoms with E-state index in [1.807, 2.05) is 36.2 Å². The van der Waals surface area contributed by atoms with E-state index in [1.54, 1.807) is 37.3 Å². The molecule has 0 fully saturated rings. The number of allylic oxidation sites excluding steroid dienone is 1. The molecule has 0 unspecified atom stereocenters. The van der Waals surface area contributed by atoms with E-state index in [0.29, 0.717) is 19.9 Å². The van der Waals surface area contributed by atoms with Gasteiger partial charge in [0.15, 0.2) is 0 Å². The zero-order valence-corrected chi connectivity index (χ0v) is 23.0. The van der Waals surface area contributed by atoms with Crippen LogP contribution in [0.15, 0.2) is 76.0 Å². The minimum atomic E-state index is -0.506. The quantitative estimate of drug-likeness (QED) is 0.335. The zero-order valence-electron chi connectivity index (χ0n) is 20.6. The van der Waals surface area contributed by atoms with Crippen LogP contribution in [0.25, 0.3) is 10.6 Å². The maximum atomic E-state index is 13.8. The number of hydrazone groups is 1. The molecule has 3 heterocycles. The Bertz CT molecular complexity index is 1680. The first-order valence-electron chi connectivity index (χ1n) is 11.8. The standard InChI is InChI=1S/C27H23ClN4O4S2/c1-4-13-31-25(35)23(27-30(3)19-14-16(28)11-12-20(19)37-27)38-26(31)22-18(15-21(33)36-5-2)29-32(24(22)34)17-9-7-6-8-10-17/h4,6-12,14H,1,5,13,15H2,2-3H3. The SMILES string of the molecule is C=CCn1c(=C2C(=O)N(c3ccccc3)N=C2CC(=O)OCC)sc(=C2Sc3ccc(Cl)cc3N2C)c1=O. The number of rotatable bonds is 6. The molecule has 194 valence electrons. The molecule has 2 aromatic carbocycles. The summed E-state index contributed by atoms with van der Waals surface area (Å²) in [7, 11) is 1.87. The molecule has 1 amide bonds. The fraction of sp³-hybridized carbons (Fsp3) is 0.185. The highest BCUT2D eigenvalue weighted by Gasteiger charge is 2.35. The Morgan fingerprint density at radius 2 is 1.95 bits per heavy atom. The van der Waals surface area contributed by atoms with Crippen LogP contribution in [0.2, 0.25) is 5.02 Å². The van der Waals surface area contributed by atoms with Crippen LogP contribution in [0.4, 0.5) is 11.4 Å². The molecule has 38 heavy (non-hydrogen) atoms. The lowest BCUT2D eigenvalue weighted by Gasteiger charge is -2.12. The summed E-state index contributed by atoms with van der Waals surface area (Å²) >= 11 is 8.88. The number of carbonyl (C=O) groups excluding carboxylic acids is 2. The number of ether oxygens (including phenoxy) is 1. The number of para-hydroxylation sites is 1. The highest BCUT2D eigenvalue weighted by Crippen LogP contribution is 2.46. The molecule has 0 saturated heterocycles. The maximum Gasteiger partial charge on any atom is 0.311 e. The minimum absolute atomic E-state index is 0.180. The number of fused-ring (bicyclic) bond motifs is 1. The number of nitrogens with zero attached hydrogens (tertiary/aromatic N) is 4. The van der Waals surface area contributed by atoms with Crippen molar-refractivity contribution in [3.63, 3.8) is 0 Å². The molecule has 0 bridgehead atoms. The predicted molar refractivity (Wildman–Crippen MR) is 153 cm³/mol. The van der Waals surface area contributed by atoms with Gasteiger partial charge in [-0.25, -0.2) is 0 Å². The Hall–Kier alpha value is -3.60. The number of anilines is 2. The van der Waals surface area contributed by atoms with E-state index in [2.05, 4.69) is 11.7 Å². The second-order valence-corrected chi connectivity index (χ2v) is 10.8. The van der Waals surface area contributed by atoms with Crippen molar-refractivity contribution in [2.75, 3.05) is 23.6 Å². The van der Waals surface area contributed by atoms with Gasteiger partial charge in [0.05, 0.1) is 35.7 Å². The van der Waals surface area contributed by atoms with Crippen molar-refractivity contribution in [1.82, 2.24) is 4.57 Å². The lowest BCUT2D eigenvalue weighted by atomic mass is 10.1. The Morgan fingerprint density at radius 3 is 2.66 bits per heavy atom. The van der Waals surface area contributed by atoms with Gasteiger partial charge in [0.1, 0.15) is 14.2 Å². The Labute approximate surface area is 231 Å². The van der Waals surface area contributed by atoms with Crippen LogP contribution < -0.4 is 24.7 Å². The summed E-state index contributed by atoms with van der Waals surface area (Å²) < 4.78 is 7.53. The largest absolute Gasteiger partial charge is 0.466 e. The smallest absolute Gasteiger partial charge is 0.311 e. The van der Waals surface area contributed by atoms with Crippen molar-refractivity contribution in [1.29, 1.82) is 0 Å². The number of carbonyl (C=O) groups is 2. The van der Waals surface area contributed by atoms with E-state index in [0.717, 1.165) is 15.6 Å². The van der Waals surface area contributed by atoms with Crippen LogP contribution in [-0.2, 0) is 20.9 Å². The van der Waals surface area contributed by atoms with E-state index >= 15 is 0 Å². The monoisotopic (exact) mass is 566 g/mol. The van der Waals surface area contributed by atoms with E-state index in [9.17, 15) is 14.4 Å². The molecule has 0 N–H and O–H groups in total. The highest BCUT2D eigenvalue weighted by atomic mass is 35.5. The van der Waals surface area contributed by atoms with Crippen LogP contribution in [0, 0.1) is 0 Å². The van der Waals surface area contributed by atoms with Crippen LogP contribution in [-0.4, -0.2) is 35.8 Å². The predicted octanol–water partition coefficient (Wildman–Crippen LogP) is 3.56. The summed E-state index contributed by atoms with van der Waals surface area (Å²) in [6.45, 7) is 5.90. The number of aromatic nitrogens is 1. The zero-order chi connectivity index (χ0) is 27.0. The molecule has 2 aliphatic heterocycles. The molecule has 0 spiro atoms. The average Bonchev–Trinajstić information content (AvgIpc) is 3.51. The number of hydrogen-bond acceptors (Lipinski definition) is 8. The summed E-state index contributed by atoms with van der Waals surface area (Å²) in [5, 5.41) is 7.09. The molecular weight excluding hydrogens is 544 g/mol. The summed E-state index contributed by atoms with van der Waals surface area (Å²) in [6, 6.07) is 14.5. The van der Waals surface area contributed by atoms with Crippen molar-refractivity contribution in [3.8, 4) is 0 Å². The van der Waals surface area contributed by atoms with Gasteiger partial charge >= 0.3 is 5.97 Å². The van der Waals surface area contributed by atoms with Gasteiger partial charge in [-0.15, -0.1) is 17.9 Å². The van der Waals surface area contributed by atoms with E-state index in [1.165, 1.54) is 32.7 Å². The van der Waals surface area contributed by atoms with Crippen molar-refractivity contribution < 1.29 is 14.3 Å². The molecular formula is C27H23ClN4O4S2. The van der Waals surface area contributed by atoms with Crippen LogP contribution >= 0.6 is 34.7 Å². The highest BCUT2D eigenvalue weighted by molar-refractivity contribution is 8.08. The lowest BCUT2D eigenvalue weighted by molar-refractivity contribution is -0.141. The van der Waals surface area contributed by atoms with Gasteiger partial charge in [-0.1, -0.05) is 47.6 Å². The molecule has 3 aromatic rings. The normalized spacial score (nSPS) is 17.6. The fourth-order valence-corrected chi connectivity index (χ4v) is 6.89. The van der Waals surface area contributed by atoms with Gasteiger partial charge in [-0.2, -0.15) is 10.1 Å². The Kier molecular flexibility index (Phi) is 7.29. The number of benzene rings is 2. The molecule has 0 saturated carbocycles. The summed E-state index contributed by atoms with van der Waals surface area (Å²) in [5.74, 6) is -0.928. The van der Waals surface area contributed by atoms with Crippen molar-refractivity contribution in [3.05, 3.63) is 85.8 Å². The molecule has 1 aromatic heterocycles. The summed E-state index contributed by atoms with van der Waals surface area (Å²) in [5.41, 5.74) is 1.63. The fourth-order valence-electron chi connectivity index (χ4n) is 4.22. The van der Waals surface area contributed by atoms with E-state index < -0.39 is 11.9 Å². The van der Waals surface area contributed by atoms with Crippen LogP contribution in [0.3, 0.4) is 0 Å². The molecule has 11 heteroatoms. The van der Waals surface area contributed by atoms with Crippen LogP contribution in [0.5, 0.6) is 0 Å². The third kappa shape index (κ3) is 4.59. The molecule has 0 atom stereocenters. The van der Waals surface area contributed by atoms with Gasteiger partial charge in [-0.3, -0.25) is 19.0 Å². The summed E-state index contributed by atoms with van der Waals surface area (Å²) in [6.07, 6.45) is 1.39. The molecule has 0 radical (unpaired) electrons. The second kappa shape index (κ2) is 10.6. The van der Waals surface area contributed by atoms with E-state index in [4.69, 9.17) is 16.3 Å².